The van der Waals surface area contributed by atoms with E-state index in [1.165, 1.54) is 11.9 Å². The van der Waals surface area contributed by atoms with Crippen LogP contribution in [-0.4, -0.2) is 29.8 Å². The number of nitrogens with one attached hydrogen (secondary N) is 1. The normalized spacial score (nSPS) is 20.4. The lowest BCUT2D eigenvalue weighted by molar-refractivity contribution is -0.136. The van der Waals surface area contributed by atoms with Gasteiger partial charge in [0.1, 0.15) is 6.04 Å². The second kappa shape index (κ2) is 3.96. The molecule has 1 atom stereocenters. The molecule has 2 amide bonds. The molecule has 0 bridgehead atoms. The molecular weight excluding hydrogens is 204 g/mol. The van der Waals surface area contributed by atoms with Crippen LogP contribution in [0.2, 0.25) is 0 Å². The number of hydrogen-bond acceptors (Lipinski definition) is 3. The molecule has 1 aliphatic rings. The predicted octanol–water partition coefficient (Wildman–Crippen LogP) is 1.16. The number of carbonyl (C=O) groups excluding carboxylic acids is 2. The highest BCUT2D eigenvalue weighted by molar-refractivity contribution is 6.06. The molecule has 1 unspecified atom stereocenters. The summed E-state index contributed by atoms with van der Waals surface area (Å²) in [5, 5.41) is 3.08. The van der Waals surface area contributed by atoms with Crippen molar-refractivity contribution in [3.8, 4) is 0 Å². The van der Waals surface area contributed by atoms with Crippen LogP contribution in [0.1, 0.15) is 12.0 Å². The van der Waals surface area contributed by atoms with Crippen molar-refractivity contribution in [2.75, 3.05) is 12.4 Å². The van der Waals surface area contributed by atoms with E-state index in [0.29, 0.717) is 0 Å². The quantitative estimate of drug-likeness (QED) is 0.758. The van der Waals surface area contributed by atoms with Crippen LogP contribution in [0, 0.1) is 6.92 Å². The van der Waals surface area contributed by atoms with Gasteiger partial charge in [0.05, 0.1) is 6.42 Å². The minimum Gasteiger partial charge on any atom is -0.373 e. The van der Waals surface area contributed by atoms with Crippen LogP contribution in [0.3, 0.4) is 0 Å². The first-order valence-electron chi connectivity index (χ1n) is 5.21. The Kier molecular flexibility index (Phi) is 2.64. The molecule has 0 aliphatic carbocycles. The summed E-state index contributed by atoms with van der Waals surface area (Å²) in [4.78, 5) is 24.1. The third-order valence-corrected chi connectivity index (χ3v) is 2.74. The van der Waals surface area contributed by atoms with Gasteiger partial charge in [-0.25, -0.2) is 0 Å². The number of amides is 2. The van der Waals surface area contributed by atoms with Crippen LogP contribution in [0.25, 0.3) is 0 Å². The monoisotopic (exact) mass is 218 g/mol. The van der Waals surface area contributed by atoms with Crippen molar-refractivity contribution in [1.82, 2.24) is 4.90 Å². The Morgan fingerprint density at radius 2 is 2.12 bits per heavy atom. The van der Waals surface area contributed by atoms with Crippen molar-refractivity contribution >= 4 is 17.5 Å². The first-order chi connectivity index (χ1) is 7.58. The topological polar surface area (TPSA) is 49.4 Å². The average Bonchev–Trinajstić information content (AvgIpc) is 2.47. The summed E-state index contributed by atoms with van der Waals surface area (Å²) in [7, 11) is 1.52. The van der Waals surface area contributed by atoms with Crippen LogP contribution in [-0.2, 0) is 9.59 Å². The van der Waals surface area contributed by atoms with E-state index in [0.717, 1.165) is 11.3 Å². The molecule has 1 N–H and O–H groups in total. The van der Waals surface area contributed by atoms with Gasteiger partial charge in [-0.1, -0.05) is 12.1 Å². The van der Waals surface area contributed by atoms with Crippen molar-refractivity contribution in [3.05, 3.63) is 29.8 Å². The molecule has 0 aromatic heterocycles. The summed E-state index contributed by atoms with van der Waals surface area (Å²) < 4.78 is 0. The minimum absolute atomic E-state index is 0.129. The zero-order valence-corrected chi connectivity index (χ0v) is 9.36. The number of hydrogen-bond donors (Lipinski definition) is 1. The van der Waals surface area contributed by atoms with Gasteiger partial charge in [-0.15, -0.1) is 0 Å². The van der Waals surface area contributed by atoms with E-state index in [1.54, 1.807) is 0 Å². The molecule has 4 nitrogen and oxygen atoms in total. The fourth-order valence-electron chi connectivity index (χ4n) is 1.80. The lowest BCUT2D eigenvalue weighted by Crippen LogP contribution is -2.31. The van der Waals surface area contributed by atoms with Crippen LogP contribution >= 0.6 is 0 Å². The summed E-state index contributed by atoms with van der Waals surface area (Å²) in [5.41, 5.74) is 2.00. The van der Waals surface area contributed by atoms with Gasteiger partial charge in [0, 0.05) is 12.7 Å². The molecule has 1 fully saturated rings. The summed E-state index contributed by atoms with van der Waals surface area (Å²) in [6.07, 6.45) is 0.239. The molecule has 1 saturated heterocycles. The van der Waals surface area contributed by atoms with Gasteiger partial charge in [0.25, 0.3) is 5.91 Å². The first kappa shape index (κ1) is 10.7. The zero-order chi connectivity index (χ0) is 11.7. The maximum Gasteiger partial charge on any atom is 0.251 e. The van der Waals surface area contributed by atoms with Crippen molar-refractivity contribution in [2.45, 2.75) is 19.4 Å². The number of aryl methyl sites for hydroxylation is 1. The van der Waals surface area contributed by atoms with Gasteiger partial charge >= 0.3 is 0 Å². The standard InChI is InChI=1S/C12H14N2O2/c1-8-4-3-5-9(6-8)13-10-7-11(15)14(2)12(10)16/h3-6,10,13H,7H2,1-2H3. The van der Waals surface area contributed by atoms with E-state index in [4.69, 9.17) is 0 Å². The molecule has 1 aliphatic heterocycles. The fourth-order valence-corrected chi connectivity index (χ4v) is 1.80. The van der Waals surface area contributed by atoms with Crippen LogP contribution in [0.5, 0.6) is 0 Å². The van der Waals surface area contributed by atoms with E-state index in [9.17, 15) is 9.59 Å². The van der Waals surface area contributed by atoms with Gasteiger partial charge in [0.2, 0.25) is 5.91 Å². The molecule has 4 heteroatoms. The van der Waals surface area contributed by atoms with Gasteiger partial charge < -0.3 is 5.32 Å². The summed E-state index contributed by atoms with van der Waals surface area (Å²) >= 11 is 0. The molecule has 0 saturated carbocycles. The van der Waals surface area contributed by atoms with Crippen LogP contribution < -0.4 is 5.32 Å². The van der Waals surface area contributed by atoms with Crippen molar-refractivity contribution in [3.63, 3.8) is 0 Å². The number of benzene rings is 1. The van der Waals surface area contributed by atoms with E-state index < -0.39 is 6.04 Å². The predicted molar refractivity (Wildman–Crippen MR) is 61.0 cm³/mol. The zero-order valence-electron chi connectivity index (χ0n) is 9.36. The summed E-state index contributed by atoms with van der Waals surface area (Å²) in [6.45, 7) is 1.99. The highest BCUT2D eigenvalue weighted by Gasteiger charge is 2.35. The number of carbonyl (C=O) groups is 2. The molecule has 0 radical (unpaired) electrons. The fraction of sp³-hybridized carbons (Fsp3) is 0.333. The highest BCUT2D eigenvalue weighted by Crippen LogP contribution is 2.17. The van der Waals surface area contributed by atoms with Gasteiger partial charge in [-0.05, 0) is 24.6 Å². The van der Waals surface area contributed by atoms with Crippen LogP contribution in [0.4, 0.5) is 5.69 Å². The lowest BCUT2D eigenvalue weighted by atomic mass is 10.2. The summed E-state index contributed by atoms with van der Waals surface area (Å²) in [5.74, 6) is -0.290. The average molecular weight is 218 g/mol. The molecule has 2 rings (SSSR count). The second-order valence-corrected chi connectivity index (χ2v) is 4.06. The molecule has 1 heterocycles. The van der Waals surface area contributed by atoms with E-state index in [2.05, 4.69) is 5.32 Å². The van der Waals surface area contributed by atoms with E-state index >= 15 is 0 Å². The number of imide groups is 1. The first-order valence-corrected chi connectivity index (χ1v) is 5.21. The largest absolute Gasteiger partial charge is 0.373 e. The lowest BCUT2D eigenvalue weighted by Gasteiger charge is -2.12. The van der Waals surface area contributed by atoms with E-state index in [1.807, 2.05) is 31.2 Å². The Morgan fingerprint density at radius 3 is 2.69 bits per heavy atom. The molecule has 16 heavy (non-hydrogen) atoms. The van der Waals surface area contributed by atoms with Crippen molar-refractivity contribution in [2.24, 2.45) is 0 Å². The maximum atomic E-state index is 11.6. The number of rotatable bonds is 2. The van der Waals surface area contributed by atoms with Gasteiger partial charge in [0.15, 0.2) is 0 Å². The third kappa shape index (κ3) is 1.91. The molecular formula is C12H14N2O2. The Bertz CT molecular complexity index is 442. The van der Waals surface area contributed by atoms with Gasteiger partial charge in [-0.2, -0.15) is 0 Å². The number of likely N-dealkylation sites (tertiary alicyclic amines) is 1. The van der Waals surface area contributed by atoms with Crippen LogP contribution in [0.15, 0.2) is 24.3 Å². The number of anilines is 1. The second-order valence-electron chi connectivity index (χ2n) is 4.06. The minimum atomic E-state index is -0.417. The van der Waals surface area contributed by atoms with Crippen molar-refractivity contribution in [1.29, 1.82) is 0 Å². The molecule has 1 aromatic carbocycles. The third-order valence-electron chi connectivity index (χ3n) is 2.74. The Hall–Kier alpha value is -1.84. The molecule has 0 spiro atoms. The Morgan fingerprint density at radius 1 is 1.38 bits per heavy atom. The van der Waals surface area contributed by atoms with Gasteiger partial charge in [-0.3, -0.25) is 14.5 Å². The Labute approximate surface area is 94.2 Å². The molecule has 84 valence electrons. The number of nitrogens with zero attached hydrogens (tertiary/aromatic N) is 1. The molecule has 1 aromatic rings. The van der Waals surface area contributed by atoms with Crippen molar-refractivity contribution < 1.29 is 9.59 Å². The Balaban J connectivity index is 2.12. The van der Waals surface area contributed by atoms with E-state index in [-0.39, 0.29) is 18.2 Å². The summed E-state index contributed by atoms with van der Waals surface area (Å²) in [6, 6.07) is 7.33. The SMILES string of the molecule is Cc1cccc(NC2CC(=O)N(C)C2=O)c1. The highest BCUT2D eigenvalue weighted by atomic mass is 16.2. The number of likely N-dealkylation sites (N-methyl/N-ethyl adjacent to an activating group) is 1. The maximum absolute atomic E-state index is 11.6. The smallest absolute Gasteiger partial charge is 0.251 e.